The van der Waals surface area contributed by atoms with Crippen LogP contribution >= 0.6 is 0 Å². The summed E-state index contributed by atoms with van der Waals surface area (Å²) in [5.41, 5.74) is 8.62. The highest BCUT2D eigenvalue weighted by Crippen LogP contribution is 2.22. The molecule has 0 aliphatic heterocycles. The highest BCUT2D eigenvalue weighted by molar-refractivity contribution is 5.21. The zero-order valence-corrected chi connectivity index (χ0v) is 10.9. The van der Waals surface area contributed by atoms with Crippen LogP contribution in [0.4, 0.5) is 0 Å². The number of pyridine rings is 1. The van der Waals surface area contributed by atoms with Crippen molar-refractivity contribution in [2.24, 2.45) is 5.73 Å². The van der Waals surface area contributed by atoms with Gasteiger partial charge in [-0.15, -0.1) is 0 Å². The van der Waals surface area contributed by atoms with Gasteiger partial charge in [0.25, 0.3) is 0 Å². The van der Waals surface area contributed by atoms with E-state index in [0.717, 1.165) is 6.54 Å². The van der Waals surface area contributed by atoms with Gasteiger partial charge in [-0.2, -0.15) is 0 Å². The molecule has 0 saturated heterocycles. The van der Waals surface area contributed by atoms with E-state index in [2.05, 4.69) is 29.9 Å². The van der Waals surface area contributed by atoms with E-state index in [9.17, 15) is 0 Å². The summed E-state index contributed by atoms with van der Waals surface area (Å²) in [6, 6.07) is 3.20. The average Bonchev–Trinajstić information content (AvgIpc) is 2.33. The van der Waals surface area contributed by atoms with E-state index in [-0.39, 0.29) is 0 Å². The molecule has 1 aliphatic rings. The molecule has 2 N–H and O–H groups in total. The Hall–Kier alpha value is -0.930. The topological polar surface area (TPSA) is 42.2 Å². The van der Waals surface area contributed by atoms with E-state index in [1.165, 1.54) is 36.8 Å². The Bertz CT molecular complexity index is 356. The van der Waals surface area contributed by atoms with E-state index in [0.29, 0.717) is 12.1 Å². The van der Waals surface area contributed by atoms with Crippen LogP contribution in [0.25, 0.3) is 0 Å². The van der Waals surface area contributed by atoms with Crippen molar-refractivity contribution in [1.29, 1.82) is 0 Å². The molecule has 0 atom stereocenters. The fraction of sp³-hybridized carbons (Fsp3) is 0.643. The third-order valence-corrected chi connectivity index (χ3v) is 3.93. The monoisotopic (exact) mass is 233 g/mol. The first-order valence-corrected chi connectivity index (χ1v) is 6.52. The summed E-state index contributed by atoms with van der Waals surface area (Å²) in [4.78, 5) is 6.66. The molecule has 0 amide bonds. The summed E-state index contributed by atoms with van der Waals surface area (Å²) in [6.45, 7) is 3.15. The first-order valence-electron chi connectivity index (χ1n) is 6.52. The summed E-state index contributed by atoms with van der Waals surface area (Å²) < 4.78 is 0. The number of rotatable bonds is 3. The molecule has 17 heavy (non-hydrogen) atoms. The summed E-state index contributed by atoms with van der Waals surface area (Å²) >= 11 is 0. The lowest BCUT2D eigenvalue weighted by Crippen LogP contribution is -2.38. The van der Waals surface area contributed by atoms with Gasteiger partial charge in [-0.25, -0.2) is 0 Å². The second-order valence-electron chi connectivity index (χ2n) is 5.29. The molecular weight excluding hydrogens is 210 g/mol. The van der Waals surface area contributed by atoms with Gasteiger partial charge in [0.1, 0.15) is 0 Å². The van der Waals surface area contributed by atoms with Crippen molar-refractivity contribution < 1.29 is 0 Å². The highest BCUT2D eigenvalue weighted by atomic mass is 15.1. The van der Waals surface area contributed by atoms with Crippen molar-refractivity contribution >= 4 is 0 Å². The predicted octanol–water partition coefficient (Wildman–Crippen LogP) is 2.09. The lowest BCUT2D eigenvalue weighted by molar-refractivity contribution is 0.176. The molecule has 0 radical (unpaired) electrons. The Labute approximate surface area is 104 Å². The number of aromatic nitrogens is 1. The largest absolute Gasteiger partial charge is 0.328 e. The van der Waals surface area contributed by atoms with Crippen LogP contribution in [0.15, 0.2) is 18.5 Å². The zero-order valence-electron chi connectivity index (χ0n) is 10.9. The van der Waals surface area contributed by atoms with E-state index >= 15 is 0 Å². The lowest BCUT2D eigenvalue weighted by atomic mass is 9.91. The minimum Gasteiger partial charge on any atom is -0.328 e. The Kier molecular flexibility index (Phi) is 4.13. The average molecular weight is 233 g/mol. The second kappa shape index (κ2) is 5.61. The van der Waals surface area contributed by atoms with Gasteiger partial charge in [0, 0.05) is 31.0 Å². The van der Waals surface area contributed by atoms with Crippen LogP contribution in [0.2, 0.25) is 0 Å². The van der Waals surface area contributed by atoms with Gasteiger partial charge in [-0.05, 0) is 56.8 Å². The molecule has 0 aromatic carbocycles. The van der Waals surface area contributed by atoms with E-state index < -0.39 is 0 Å². The number of aryl methyl sites for hydroxylation is 1. The molecule has 94 valence electrons. The summed E-state index contributed by atoms with van der Waals surface area (Å²) in [5, 5.41) is 0. The smallest absolute Gasteiger partial charge is 0.0315 e. The molecule has 1 aromatic heterocycles. The van der Waals surface area contributed by atoms with Gasteiger partial charge < -0.3 is 5.73 Å². The normalized spacial score (nSPS) is 25.2. The minimum absolute atomic E-state index is 0.430. The Morgan fingerprint density at radius 3 is 2.71 bits per heavy atom. The Morgan fingerprint density at radius 2 is 2.06 bits per heavy atom. The van der Waals surface area contributed by atoms with E-state index in [1.807, 2.05) is 12.4 Å². The fourth-order valence-electron chi connectivity index (χ4n) is 2.60. The third kappa shape index (κ3) is 3.27. The first kappa shape index (κ1) is 12.5. The van der Waals surface area contributed by atoms with Crippen molar-refractivity contribution in [2.75, 3.05) is 7.05 Å². The SMILES string of the molecule is Cc1ccncc1CN(C)C1CCC(N)CC1. The summed E-state index contributed by atoms with van der Waals surface area (Å²) in [7, 11) is 2.22. The standard InChI is InChI=1S/C14H23N3/c1-11-7-8-16-9-12(11)10-17(2)14-5-3-13(15)4-6-14/h7-9,13-14H,3-6,10,15H2,1-2H3. The summed E-state index contributed by atoms with van der Waals surface area (Å²) in [5.74, 6) is 0. The minimum atomic E-state index is 0.430. The number of nitrogens with two attached hydrogens (primary N) is 1. The maximum absolute atomic E-state index is 5.95. The lowest BCUT2D eigenvalue weighted by Gasteiger charge is -2.33. The van der Waals surface area contributed by atoms with Gasteiger partial charge in [0.05, 0.1) is 0 Å². The zero-order chi connectivity index (χ0) is 12.3. The van der Waals surface area contributed by atoms with Gasteiger partial charge in [-0.3, -0.25) is 9.88 Å². The van der Waals surface area contributed by atoms with Crippen LogP contribution in [0.5, 0.6) is 0 Å². The Balaban J connectivity index is 1.93. The molecule has 2 rings (SSSR count). The molecule has 0 unspecified atom stereocenters. The highest BCUT2D eigenvalue weighted by Gasteiger charge is 2.22. The molecule has 3 nitrogen and oxygen atoms in total. The van der Waals surface area contributed by atoms with Crippen LogP contribution in [0, 0.1) is 6.92 Å². The van der Waals surface area contributed by atoms with Gasteiger partial charge in [-0.1, -0.05) is 0 Å². The molecule has 0 bridgehead atoms. The number of nitrogens with zero attached hydrogens (tertiary/aromatic N) is 2. The predicted molar refractivity (Wildman–Crippen MR) is 70.7 cm³/mol. The van der Waals surface area contributed by atoms with Crippen LogP contribution in [0.1, 0.15) is 36.8 Å². The molecule has 3 heteroatoms. The van der Waals surface area contributed by atoms with Crippen LogP contribution < -0.4 is 5.73 Å². The van der Waals surface area contributed by atoms with Crippen molar-refractivity contribution in [3.63, 3.8) is 0 Å². The maximum atomic E-state index is 5.95. The van der Waals surface area contributed by atoms with Crippen LogP contribution in [-0.4, -0.2) is 29.0 Å². The van der Waals surface area contributed by atoms with Crippen LogP contribution in [-0.2, 0) is 6.54 Å². The third-order valence-electron chi connectivity index (χ3n) is 3.93. The molecule has 1 saturated carbocycles. The molecule has 1 heterocycles. The fourth-order valence-corrected chi connectivity index (χ4v) is 2.60. The molecule has 1 aliphatic carbocycles. The summed E-state index contributed by atoms with van der Waals surface area (Å²) in [6.07, 6.45) is 8.65. The molecular formula is C14H23N3. The molecule has 1 aromatic rings. The van der Waals surface area contributed by atoms with Gasteiger partial charge >= 0.3 is 0 Å². The molecule has 0 spiro atoms. The van der Waals surface area contributed by atoms with Gasteiger partial charge in [0.2, 0.25) is 0 Å². The second-order valence-corrected chi connectivity index (χ2v) is 5.29. The number of hydrogen-bond donors (Lipinski definition) is 1. The quantitative estimate of drug-likeness (QED) is 0.869. The van der Waals surface area contributed by atoms with Crippen LogP contribution in [0.3, 0.4) is 0 Å². The van der Waals surface area contributed by atoms with E-state index in [4.69, 9.17) is 5.73 Å². The van der Waals surface area contributed by atoms with Crippen molar-refractivity contribution in [3.8, 4) is 0 Å². The number of hydrogen-bond acceptors (Lipinski definition) is 3. The molecule has 1 fully saturated rings. The van der Waals surface area contributed by atoms with Gasteiger partial charge in [0.15, 0.2) is 0 Å². The van der Waals surface area contributed by atoms with Crippen molar-refractivity contribution in [2.45, 2.75) is 51.2 Å². The van der Waals surface area contributed by atoms with E-state index in [1.54, 1.807) is 0 Å². The first-order chi connectivity index (χ1) is 8.16. The maximum Gasteiger partial charge on any atom is 0.0315 e. The Morgan fingerprint density at radius 1 is 1.35 bits per heavy atom. The van der Waals surface area contributed by atoms with Crippen molar-refractivity contribution in [3.05, 3.63) is 29.6 Å². The van der Waals surface area contributed by atoms with Crippen molar-refractivity contribution in [1.82, 2.24) is 9.88 Å².